The van der Waals surface area contributed by atoms with Crippen LogP contribution in [-0.2, 0) is 0 Å². The molecule has 14 heavy (non-hydrogen) atoms. The lowest BCUT2D eigenvalue weighted by atomic mass is 10.5. The summed E-state index contributed by atoms with van der Waals surface area (Å²) in [7, 11) is 1.75. The van der Waals surface area contributed by atoms with E-state index in [9.17, 15) is 0 Å². The number of halogens is 1. The second-order valence-electron chi connectivity index (χ2n) is 2.66. The maximum atomic E-state index is 5.85. The van der Waals surface area contributed by atoms with Crippen molar-refractivity contribution >= 4 is 34.9 Å². The highest BCUT2D eigenvalue weighted by Gasteiger charge is 2.08. The van der Waals surface area contributed by atoms with Crippen molar-refractivity contribution in [2.24, 2.45) is 0 Å². The Kier molecular flexibility index (Phi) is 4.28. The van der Waals surface area contributed by atoms with Gasteiger partial charge < -0.3 is 11.1 Å². The third-order valence-electron chi connectivity index (χ3n) is 1.55. The molecule has 1 heterocycles. The number of hydrogen-bond donors (Lipinski definition) is 2. The molecule has 78 valence electrons. The molecule has 0 aliphatic heterocycles. The zero-order valence-corrected chi connectivity index (χ0v) is 9.74. The molecule has 1 rings (SSSR count). The van der Waals surface area contributed by atoms with Crippen LogP contribution < -0.4 is 11.1 Å². The van der Waals surface area contributed by atoms with E-state index in [1.165, 1.54) is 0 Å². The Morgan fingerprint density at radius 1 is 1.50 bits per heavy atom. The molecule has 0 saturated heterocycles. The zero-order chi connectivity index (χ0) is 10.6. The number of hydrogen-bond acceptors (Lipinski definition) is 5. The van der Waals surface area contributed by atoms with Gasteiger partial charge in [0.25, 0.3) is 0 Å². The van der Waals surface area contributed by atoms with Crippen LogP contribution in [0, 0.1) is 0 Å². The molecule has 3 N–H and O–H groups in total. The SMILES string of the molecule is CCCSc1nc(Cl)c(N)c(NC)n1. The van der Waals surface area contributed by atoms with Crippen LogP contribution >= 0.6 is 23.4 Å². The number of nitrogens with one attached hydrogen (secondary N) is 1. The summed E-state index contributed by atoms with van der Waals surface area (Å²) < 4.78 is 0. The lowest BCUT2D eigenvalue weighted by Gasteiger charge is -2.07. The first kappa shape index (κ1) is 11.4. The molecule has 1 aromatic rings. The molecule has 0 amide bonds. The summed E-state index contributed by atoms with van der Waals surface area (Å²) >= 11 is 7.42. The van der Waals surface area contributed by atoms with Crippen LogP contribution in [0.4, 0.5) is 11.5 Å². The van der Waals surface area contributed by atoms with E-state index in [0.29, 0.717) is 21.8 Å². The monoisotopic (exact) mass is 232 g/mol. The number of nitrogens with zero attached hydrogens (tertiary/aromatic N) is 2. The van der Waals surface area contributed by atoms with Gasteiger partial charge in [-0.3, -0.25) is 0 Å². The first-order valence-corrected chi connectivity index (χ1v) is 5.69. The summed E-state index contributed by atoms with van der Waals surface area (Å²) in [6.45, 7) is 2.10. The van der Waals surface area contributed by atoms with E-state index in [4.69, 9.17) is 17.3 Å². The van der Waals surface area contributed by atoms with Crippen molar-refractivity contribution in [2.75, 3.05) is 23.9 Å². The Labute approximate surface area is 92.6 Å². The Morgan fingerprint density at radius 2 is 2.21 bits per heavy atom. The molecule has 0 fully saturated rings. The standard InChI is InChI=1S/C8H13ClN4S/c1-3-4-14-8-12-6(9)5(10)7(11-2)13-8/h3-4,10H2,1-2H3,(H,11,12,13). The van der Waals surface area contributed by atoms with Gasteiger partial charge in [-0.05, 0) is 6.42 Å². The molecule has 0 aromatic carbocycles. The Bertz CT molecular complexity index is 318. The smallest absolute Gasteiger partial charge is 0.191 e. The van der Waals surface area contributed by atoms with Gasteiger partial charge in [0.2, 0.25) is 0 Å². The normalized spacial score (nSPS) is 10.2. The van der Waals surface area contributed by atoms with Gasteiger partial charge in [-0.15, -0.1) is 0 Å². The van der Waals surface area contributed by atoms with Gasteiger partial charge in [-0.25, -0.2) is 9.97 Å². The molecule has 1 aromatic heterocycles. The average molecular weight is 233 g/mol. The highest BCUT2D eigenvalue weighted by Crippen LogP contribution is 2.26. The second kappa shape index (κ2) is 5.26. The number of aromatic nitrogens is 2. The van der Waals surface area contributed by atoms with E-state index in [0.717, 1.165) is 12.2 Å². The van der Waals surface area contributed by atoms with Crippen LogP contribution in [0.25, 0.3) is 0 Å². The van der Waals surface area contributed by atoms with Crippen LogP contribution in [0.5, 0.6) is 0 Å². The van der Waals surface area contributed by atoms with Crippen molar-refractivity contribution < 1.29 is 0 Å². The summed E-state index contributed by atoms with van der Waals surface area (Å²) in [6.07, 6.45) is 1.07. The average Bonchev–Trinajstić information content (AvgIpc) is 2.19. The third kappa shape index (κ3) is 2.65. The zero-order valence-electron chi connectivity index (χ0n) is 8.17. The van der Waals surface area contributed by atoms with E-state index in [2.05, 4.69) is 22.2 Å². The van der Waals surface area contributed by atoms with Crippen molar-refractivity contribution in [3.8, 4) is 0 Å². The fraction of sp³-hybridized carbons (Fsp3) is 0.500. The molecule has 0 saturated carbocycles. The first-order valence-electron chi connectivity index (χ1n) is 4.32. The van der Waals surface area contributed by atoms with Crippen LogP contribution in [0.1, 0.15) is 13.3 Å². The van der Waals surface area contributed by atoms with Crippen molar-refractivity contribution in [3.63, 3.8) is 0 Å². The van der Waals surface area contributed by atoms with Gasteiger partial charge in [0.1, 0.15) is 5.69 Å². The van der Waals surface area contributed by atoms with Crippen molar-refractivity contribution in [1.82, 2.24) is 9.97 Å². The summed E-state index contributed by atoms with van der Waals surface area (Å²) in [5, 5.41) is 3.85. The highest BCUT2D eigenvalue weighted by molar-refractivity contribution is 7.99. The minimum Gasteiger partial charge on any atom is -0.393 e. The molecule has 0 atom stereocenters. The molecular formula is C8H13ClN4S. The topological polar surface area (TPSA) is 63.8 Å². The van der Waals surface area contributed by atoms with Gasteiger partial charge in [0.15, 0.2) is 16.1 Å². The summed E-state index contributed by atoms with van der Waals surface area (Å²) in [4.78, 5) is 8.29. The lowest BCUT2D eigenvalue weighted by molar-refractivity contribution is 0.967. The molecule has 6 heteroatoms. The molecule has 0 radical (unpaired) electrons. The van der Waals surface area contributed by atoms with Crippen LogP contribution in [0.3, 0.4) is 0 Å². The van der Waals surface area contributed by atoms with Gasteiger partial charge >= 0.3 is 0 Å². The third-order valence-corrected chi connectivity index (χ3v) is 2.89. The molecule has 4 nitrogen and oxygen atoms in total. The quantitative estimate of drug-likeness (QED) is 0.474. The molecular weight excluding hydrogens is 220 g/mol. The van der Waals surface area contributed by atoms with E-state index < -0.39 is 0 Å². The van der Waals surface area contributed by atoms with Gasteiger partial charge in [0, 0.05) is 12.8 Å². The number of thioether (sulfide) groups is 1. The number of anilines is 2. The summed E-state index contributed by atoms with van der Waals surface area (Å²) in [5.74, 6) is 1.56. The number of nitrogens with two attached hydrogens (primary N) is 1. The van der Waals surface area contributed by atoms with E-state index in [1.807, 2.05) is 0 Å². The van der Waals surface area contributed by atoms with Crippen molar-refractivity contribution in [1.29, 1.82) is 0 Å². The summed E-state index contributed by atoms with van der Waals surface area (Å²) in [5.41, 5.74) is 6.06. The van der Waals surface area contributed by atoms with Crippen molar-refractivity contribution in [2.45, 2.75) is 18.5 Å². The van der Waals surface area contributed by atoms with Crippen LogP contribution in [0.15, 0.2) is 5.16 Å². The molecule has 0 bridgehead atoms. The largest absolute Gasteiger partial charge is 0.393 e. The molecule has 0 aliphatic carbocycles. The molecule has 0 spiro atoms. The predicted octanol–water partition coefficient (Wildman–Crippen LogP) is 2.26. The molecule has 0 aliphatic rings. The van der Waals surface area contributed by atoms with E-state index in [1.54, 1.807) is 18.8 Å². The van der Waals surface area contributed by atoms with Crippen molar-refractivity contribution in [3.05, 3.63) is 5.15 Å². The fourth-order valence-electron chi connectivity index (χ4n) is 0.871. The fourth-order valence-corrected chi connectivity index (χ4v) is 1.79. The second-order valence-corrected chi connectivity index (χ2v) is 4.08. The van der Waals surface area contributed by atoms with E-state index >= 15 is 0 Å². The first-order chi connectivity index (χ1) is 6.69. The Morgan fingerprint density at radius 3 is 2.79 bits per heavy atom. The van der Waals surface area contributed by atoms with Crippen LogP contribution in [0.2, 0.25) is 5.15 Å². The van der Waals surface area contributed by atoms with Gasteiger partial charge in [-0.2, -0.15) is 0 Å². The van der Waals surface area contributed by atoms with Gasteiger partial charge in [-0.1, -0.05) is 30.3 Å². The Hall–Kier alpha value is -0.680. The maximum absolute atomic E-state index is 5.85. The van der Waals surface area contributed by atoms with Crippen LogP contribution in [-0.4, -0.2) is 22.8 Å². The summed E-state index contributed by atoms with van der Waals surface area (Å²) in [6, 6.07) is 0. The predicted molar refractivity (Wildman–Crippen MR) is 62.0 cm³/mol. The lowest BCUT2D eigenvalue weighted by Crippen LogP contribution is -2.02. The maximum Gasteiger partial charge on any atom is 0.191 e. The Balaban J connectivity index is 2.91. The number of nitrogen functional groups attached to an aromatic ring is 1. The van der Waals surface area contributed by atoms with E-state index in [-0.39, 0.29) is 0 Å². The van der Waals surface area contributed by atoms with Gasteiger partial charge in [0.05, 0.1) is 0 Å². The minimum atomic E-state index is 0.308. The molecule has 0 unspecified atom stereocenters. The highest BCUT2D eigenvalue weighted by atomic mass is 35.5. The minimum absolute atomic E-state index is 0.308. The number of rotatable bonds is 4.